The standard InChI is InChI=1S/C15H18BrNS/c16-14-6-3-12(4-7-14)10-13(11-17)5-8-15-2-1-9-18-15/h1-4,6-7,9,13H,5,8,10-11,17H2. The van der Waals surface area contributed by atoms with Gasteiger partial charge in [0.05, 0.1) is 0 Å². The minimum Gasteiger partial charge on any atom is -0.330 e. The SMILES string of the molecule is NCC(CCc1cccs1)Cc1ccc(Br)cc1. The van der Waals surface area contributed by atoms with Gasteiger partial charge in [0, 0.05) is 9.35 Å². The highest BCUT2D eigenvalue weighted by Crippen LogP contribution is 2.19. The highest BCUT2D eigenvalue weighted by Gasteiger charge is 2.08. The predicted octanol–water partition coefficient (Wildman–Crippen LogP) is 4.26. The number of nitrogens with two attached hydrogens (primary N) is 1. The van der Waals surface area contributed by atoms with E-state index >= 15 is 0 Å². The summed E-state index contributed by atoms with van der Waals surface area (Å²) in [5.74, 6) is 0.577. The molecule has 0 saturated heterocycles. The lowest BCUT2D eigenvalue weighted by molar-refractivity contribution is 0.496. The Labute approximate surface area is 121 Å². The monoisotopic (exact) mass is 323 g/mol. The molecule has 0 aliphatic rings. The maximum atomic E-state index is 5.88. The van der Waals surface area contributed by atoms with Gasteiger partial charge in [-0.25, -0.2) is 0 Å². The van der Waals surface area contributed by atoms with E-state index in [9.17, 15) is 0 Å². The summed E-state index contributed by atoms with van der Waals surface area (Å²) in [5, 5.41) is 2.14. The molecule has 18 heavy (non-hydrogen) atoms. The van der Waals surface area contributed by atoms with Crippen molar-refractivity contribution < 1.29 is 0 Å². The Kier molecular flexibility index (Phi) is 5.42. The number of benzene rings is 1. The highest BCUT2D eigenvalue weighted by molar-refractivity contribution is 9.10. The Morgan fingerprint density at radius 1 is 1.17 bits per heavy atom. The Hall–Kier alpha value is -0.640. The van der Waals surface area contributed by atoms with Crippen molar-refractivity contribution >= 4 is 27.3 Å². The van der Waals surface area contributed by atoms with Gasteiger partial charge in [-0.3, -0.25) is 0 Å². The summed E-state index contributed by atoms with van der Waals surface area (Å²) in [7, 11) is 0. The van der Waals surface area contributed by atoms with Crippen LogP contribution in [0.5, 0.6) is 0 Å². The second-order valence-corrected chi connectivity index (χ2v) is 6.50. The topological polar surface area (TPSA) is 26.0 Å². The maximum Gasteiger partial charge on any atom is 0.0175 e. The predicted molar refractivity (Wildman–Crippen MR) is 83.0 cm³/mol. The first-order chi connectivity index (χ1) is 8.78. The van der Waals surface area contributed by atoms with Crippen molar-refractivity contribution in [2.45, 2.75) is 19.3 Å². The van der Waals surface area contributed by atoms with Gasteiger partial charge in [0.15, 0.2) is 0 Å². The van der Waals surface area contributed by atoms with E-state index in [1.54, 1.807) is 0 Å². The first kappa shape index (κ1) is 13.8. The number of hydrogen-bond acceptors (Lipinski definition) is 2. The van der Waals surface area contributed by atoms with Crippen LogP contribution in [-0.4, -0.2) is 6.54 Å². The van der Waals surface area contributed by atoms with E-state index in [4.69, 9.17) is 5.73 Å². The van der Waals surface area contributed by atoms with Crippen molar-refractivity contribution in [3.63, 3.8) is 0 Å². The lowest BCUT2D eigenvalue weighted by Crippen LogP contribution is -2.17. The largest absolute Gasteiger partial charge is 0.330 e. The molecular weight excluding hydrogens is 306 g/mol. The molecule has 1 aromatic carbocycles. The molecule has 0 saturated carbocycles. The van der Waals surface area contributed by atoms with Gasteiger partial charge in [-0.05, 0) is 60.9 Å². The van der Waals surface area contributed by atoms with Crippen LogP contribution < -0.4 is 5.73 Å². The van der Waals surface area contributed by atoms with Crippen molar-refractivity contribution in [2.24, 2.45) is 11.7 Å². The molecule has 1 heterocycles. The van der Waals surface area contributed by atoms with Crippen LogP contribution in [0.4, 0.5) is 0 Å². The average Bonchev–Trinajstić information content (AvgIpc) is 2.90. The second-order valence-electron chi connectivity index (χ2n) is 4.55. The third kappa shape index (κ3) is 4.23. The summed E-state index contributed by atoms with van der Waals surface area (Å²) in [4.78, 5) is 1.46. The van der Waals surface area contributed by atoms with Crippen LogP contribution in [-0.2, 0) is 12.8 Å². The molecule has 1 aromatic heterocycles. The van der Waals surface area contributed by atoms with E-state index < -0.39 is 0 Å². The summed E-state index contributed by atoms with van der Waals surface area (Å²) >= 11 is 5.30. The molecule has 0 spiro atoms. The molecule has 1 nitrogen and oxygen atoms in total. The van der Waals surface area contributed by atoms with Crippen molar-refractivity contribution in [3.05, 3.63) is 56.7 Å². The van der Waals surface area contributed by atoms with Gasteiger partial charge in [0.1, 0.15) is 0 Å². The molecule has 0 bridgehead atoms. The van der Waals surface area contributed by atoms with Crippen LogP contribution in [0.3, 0.4) is 0 Å². The van der Waals surface area contributed by atoms with Gasteiger partial charge in [-0.2, -0.15) is 0 Å². The number of hydrogen-bond donors (Lipinski definition) is 1. The zero-order valence-corrected chi connectivity index (χ0v) is 12.7. The average molecular weight is 324 g/mol. The van der Waals surface area contributed by atoms with E-state index in [-0.39, 0.29) is 0 Å². The van der Waals surface area contributed by atoms with E-state index in [0.29, 0.717) is 5.92 Å². The summed E-state index contributed by atoms with van der Waals surface area (Å²) in [6.45, 7) is 0.765. The molecule has 1 unspecified atom stereocenters. The van der Waals surface area contributed by atoms with Gasteiger partial charge in [-0.15, -0.1) is 11.3 Å². The molecule has 1 atom stereocenters. The lowest BCUT2D eigenvalue weighted by atomic mass is 9.94. The fourth-order valence-corrected chi connectivity index (χ4v) is 3.05. The van der Waals surface area contributed by atoms with Crippen LogP contribution >= 0.6 is 27.3 Å². The second kappa shape index (κ2) is 7.07. The molecule has 0 amide bonds. The van der Waals surface area contributed by atoms with Crippen molar-refractivity contribution in [1.82, 2.24) is 0 Å². The highest BCUT2D eigenvalue weighted by atomic mass is 79.9. The summed E-state index contributed by atoms with van der Waals surface area (Å²) in [5.41, 5.74) is 7.26. The van der Waals surface area contributed by atoms with Crippen molar-refractivity contribution in [1.29, 1.82) is 0 Å². The normalized spacial score (nSPS) is 12.6. The Bertz CT molecular complexity index is 450. The quantitative estimate of drug-likeness (QED) is 0.844. The molecule has 3 heteroatoms. The zero-order valence-electron chi connectivity index (χ0n) is 10.3. The van der Waals surface area contributed by atoms with Gasteiger partial charge in [0.25, 0.3) is 0 Å². The van der Waals surface area contributed by atoms with Crippen LogP contribution in [0.25, 0.3) is 0 Å². The molecular formula is C15H18BrNS. The first-order valence-corrected chi connectivity index (χ1v) is 7.92. The number of halogens is 1. The van der Waals surface area contributed by atoms with Crippen LogP contribution in [0.1, 0.15) is 16.9 Å². The van der Waals surface area contributed by atoms with Crippen molar-refractivity contribution in [3.8, 4) is 0 Å². The van der Waals surface area contributed by atoms with E-state index in [0.717, 1.165) is 23.9 Å². The molecule has 2 rings (SSSR count). The molecule has 2 aromatic rings. The zero-order chi connectivity index (χ0) is 12.8. The number of thiophene rings is 1. The Morgan fingerprint density at radius 2 is 1.94 bits per heavy atom. The first-order valence-electron chi connectivity index (χ1n) is 6.25. The van der Waals surface area contributed by atoms with E-state index in [1.807, 2.05) is 11.3 Å². The molecule has 0 aliphatic carbocycles. The fraction of sp³-hybridized carbons (Fsp3) is 0.333. The summed E-state index contributed by atoms with van der Waals surface area (Å²) < 4.78 is 1.13. The summed E-state index contributed by atoms with van der Waals surface area (Å²) in [6, 6.07) is 12.9. The molecule has 0 fully saturated rings. The Balaban J connectivity index is 1.87. The van der Waals surface area contributed by atoms with Crippen LogP contribution in [0, 0.1) is 5.92 Å². The van der Waals surface area contributed by atoms with E-state index in [2.05, 4.69) is 57.7 Å². The molecule has 0 radical (unpaired) electrons. The fourth-order valence-electron chi connectivity index (χ4n) is 2.06. The van der Waals surface area contributed by atoms with Gasteiger partial charge in [0.2, 0.25) is 0 Å². The van der Waals surface area contributed by atoms with E-state index in [1.165, 1.54) is 16.9 Å². The molecule has 0 aliphatic heterocycles. The van der Waals surface area contributed by atoms with Gasteiger partial charge >= 0.3 is 0 Å². The minimum absolute atomic E-state index is 0.577. The van der Waals surface area contributed by atoms with Crippen LogP contribution in [0.15, 0.2) is 46.3 Å². The Morgan fingerprint density at radius 3 is 2.56 bits per heavy atom. The smallest absolute Gasteiger partial charge is 0.0175 e. The third-order valence-corrected chi connectivity index (χ3v) is 4.61. The molecule has 2 N–H and O–H groups in total. The van der Waals surface area contributed by atoms with Gasteiger partial charge < -0.3 is 5.73 Å². The molecule has 96 valence electrons. The van der Waals surface area contributed by atoms with Crippen molar-refractivity contribution in [2.75, 3.05) is 6.54 Å². The summed E-state index contributed by atoms with van der Waals surface area (Å²) in [6.07, 6.45) is 3.40. The third-order valence-electron chi connectivity index (χ3n) is 3.15. The minimum atomic E-state index is 0.577. The lowest BCUT2D eigenvalue weighted by Gasteiger charge is -2.14. The van der Waals surface area contributed by atoms with Crippen LogP contribution in [0.2, 0.25) is 0 Å². The van der Waals surface area contributed by atoms with Gasteiger partial charge in [-0.1, -0.05) is 34.1 Å². The number of rotatable bonds is 6. The number of aryl methyl sites for hydroxylation is 1. The maximum absolute atomic E-state index is 5.88.